The lowest BCUT2D eigenvalue weighted by molar-refractivity contribution is -0.122. The van der Waals surface area contributed by atoms with Crippen molar-refractivity contribution in [2.75, 3.05) is 16.8 Å². The van der Waals surface area contributed by atoms with Crippen LogP contribution in [0.4, 0.5) is 11.4 Å². The van der Waals surface area contributed by atoms with Crippen LogP contribution in [0.2, 0.25) is 5.02 Å². The third kappa shape index (κ3) is 4.08. The number of imide groups is 1. The number of para-hydroxylation sites is 1. The Bertz CT molecular complexity index is 1710. The van der Waals surface area contributed by atoms with E-state index in [0.717, 1.165) is 31.6 Å². The molecule has 4 aromatic rings. The molecule has 3 aliphatic carbocycles. The van der Waals surface area contributed by atoms with E-state index < -0.39 is 30.3 Å². The molecule has 1 aliphatic heterocycles. The third-order valence-electron chi connectivity index (χ3n) is 8.35. The third-order valence-corrected chi connectivity index (χ3v) is 9.16. The first-order valence-corrected chi connectivity index (χ1v) is 14.6. The van der Waals surface area contributed by atoms with Gasteiger partial charge in [0, 0.05) is 16.3 Å². The second kappa shape index (κ2) is 10.2. The van der Waals surface area contributed by atoms with Crippen molar-refractivity contribution in [1.82, 2.24) is 0 Å². The summed E-state index contributed by atoms with van der Waals surface area (Å²) in [6, 6.07) is 27.3. The fraction of sp³-hybridized carbons (Fsp3) is 0.152. The number of esters is 1. The van der Waals surface area contributed by atoms with Crippen LogP contribution in [-0.4, -0.2) is 30.3 Å². The molecule has 42 heavy (non-hydrogen) atoms. The number of amides is 3. The molecule has 9 heteroatoms. The lowest BCUT2D eigenvalue weighted by atomic mass is 9.55. The maximum atomic E-state index is 14.1. The summed E-state index contributed by atoms with van der Waals surface area (Å²) in [7, 11) is 0. The van der Waals surface area contributed by atoms with E-state index in [0.29, 0.717) is 10.7 Å². The molecule has 4 aliphatic rings. The van der Waals surface area contributed by atoms with Crippen molar-refractivity contribution in [3.63, 3.8) is 0 Å². The minimum atomic E-state index is -0.826. The van der Waals surface area contributed by atoms with Gasteiger partial charge in [-0.3, -0.25) is 14.4 Å². The Morgan fingerprint density at radius 1 is 0.786 bits per heavy atom. The quantitative estimate of drug-likeness (QED) is 0.204. The number of hydrogen-bond acceptors (Lipinski definition) is 5. The number of nitrogens with zero attached hydrogens (tertiary/aromatic N) is 1. The monoisotopic (exact) mass is 640 g/mol. The molecule has 0 unspecified atom stereocenters. The van der Waals surface area contributed by atoms with Gasteiger partial charge in [-0.15, -0.1) is 0 Å². The van der Waals surface area contributed by atoms with Crippen LogP contribution >= 0.6 is 27.5 Å². The highest BCUT2D eigenvalue weighted by Gasteiger charge is 2.62. The molecule has 1 heterocycles. The Kier molecular flexibility index (Phi) is 6.48. The lowest BCUT2D eigenvalue weighted by Crippen LogP contribution is -2.41. The zero-order chi connectivity index (χ0) is 29.1. The average molecular weight is 642 g/mol. The summed E-state index contributed by atoms with van der Waals surface area (Å²) in [6.45, 7) is -0.582. The van der Waals surface area contributed by atoms with Crippen LogP contribution in [-0.2, 0) is 19.1 Å². The number of nitrogens with one attached hydrogen (secondary N) is 1. The first-order valence-electron chi connectivity index (χ1n) is 13.4. The topological polar surface area (TPSA) is 92.8 Å². The van der Waals surface area contributed by atoms with Gasteiger partial charge in [-0.1, -0.05) is 88.2 Å². The first-order chi connectivity index (χ1) is 20.3. The summed E-state index contributed by atoms with van der Waals surface area (Å²) in [5.74, 6) is -3.79. The highest BCUT2D eigenvalue weighted by atomic mass is 79.9. The molecule has 0 spiro atoms. The van der Waals surface area contributed by atoms with Crippen molar-refractivity contribution in [1.29, 1.82) is 0 Å². The second-order valence-electron chi connectivity index (χ2n) is 10.5. The molecule has 1 saturated heterocycles. The fourth-order valence-electron chi connectivity index (χ4n) is 6.74. The number of anilines is 2. The van der Waals surface area contributed by atoms with Crippen LogP contribution in [0, 0.1) is 11.8 Å². The van der Waals surface area contributed by atoms with Crippen LogP contribution in [0.15, 0.2) is 95.5 Å². The lowest BCUT2D eigenvalue weighted by Gasteiger charge is -2.45. The van der Waals surface area contributed by atoms with Gasteiger partial charge >= 0.3 is 5.97 Å². The molecule has 1 fully saturated rings. The molecule has 2 bridgehead atoms. The number of carbonyl (C=O) groups excluding carboxylic acids is 4. The van der Waals surface area contributed by atoms with Crippen molar-refractivity contribution in [2.24, 2.45) is 11.8 Å². The van der Waals surface area contributed by atoms with Gasteiger partial charge in [0.05, 0.1) is 33.8 Å². The Morgan fingerprint density at radius 3 is 1.86 bits per heavy atom. The molecule has 0 radical (unpaired) electrons. The van der Waals surface area contributed by atoms with Crippen molar-refractivity contribution in [2.45, 2.75) is 11.8 Å². The molecule has 4 aromatic carbocycles. The Balaban J connectivity index is 1.17. The molecule has 2 atom stereocenters. The molecule has 208 valence electrons. The van der Waals surface area contributed by atoms with Crippen LogP contribution < -0.4 is 10.2 Å². The summed E-state index contributed by atoms with van der Waals surface area (Å²) >= 11 is 9.48. The SMILES string of the molecule is O=C(COC(=O)c1ccccc1N1C(=O)[C@@H]2C3c4ccccc4C(c4ccccc43)[C@@H]2C1=O)Nc1ccc(Br)cc1Cl. The Morgan fingerprint density at radius 2 is 1.31 bits per heavy atom. The van der Waals surface area contributed by atoms with Gasteiger partial charge in [0.2, 0.25) is 11.8 Å². The zero-order valence-electron chi connectivity index (χ0n) is 21.9. The highest BCUT2D eigenvalue weighted by Crippen LogP contribution is 2.61. The summed E-state index contributed by atoms with van der Waals surface area (Å²) in [4.78, 5) is 55.2. The van der Waals surface area contributed by atoms with Crippen LogP contribution in [0.25, 0.3) is 0 Å². The van der Waals surface area contributed by atoms with E-state index in [4.69, 9.17) is 16.3 Å². The van der Waals surface area contributed by atoms with Gasteiger partial charge in [-0.05, 0) is 52.6 Å². The van der Waals surface area contributed by atoms with Crippen molar-refractivity contribution >= 4 is 62.6 Å². The molecule has 0 aromatic heterocycles. The second-order valence-corrected chi connectivity index (χ2v) is 11.9. The van der Waals surface area contributed by atoms with Crippen LogP contribution in [0.3, 0.4) is 0 Å². The van der Waals surface area contributed by atoms with Gasteiger partial charge in [-0.25, -0.2) is 9.69 Å². The summed E-state index contributed by atoms with van der Waals surface area (Å²) in [5, 5.41) is 2.93. The Hall–Kier alpha value is -4.27. The van der Waals surface area contributed by atoms with Crippen LogP contribution in [0.1, 0.15) is 44.4 Å². The van der Waals surface area contributed by atoms with E-state index in [1.165, 1.54) is 6.07 Å². The van der Waals surface area contributed by atoms with Gasteiger partial charge < -0.3 is 10.1 Å². The maximum Gasteiger partial charge on any atom is 0.340 e. The standard InChI is InChI=1S/C33H22BrClN2O5/c34-17-13-14-24(23(35)15-17)36-26(38)16-42-33(41)22-11-5-6-12-25(22)37-31(39)29-27-18-7-1-2-8-19(18)28(30(29)32(37)40)21-10-4-3-9-20(21)27/h1-15,27-30H,16H2,(H,36,38)/t27?,28?,29-,30+. The predicted octanol–water partition coefficient (Wildman–Crippen LogP) is 6.29. The largest absolute Gasteiger partial charge is 0.452 e. The minimum Gasteiger partial charge on any atom is -0.452 e. The van der Waals surface area contributed by atoms with Gasteiger partial charge in [0.1, 0.15) is 0 Å². The molecule has 0 saturated carbocycles. The molecule has 3 amide bonds. The first kappa shape index (κ1) is 26.6. The number of hydrogen-bond donors (Lipinski definition) is 1. The number of halogens is 2. The van der Waals surface area contributed by atoms with E-state index in [2.05, 4.69) is 21.2 Å². The van der Waals surface area contributed by atoms with E-state index in [-0.39, 0.29) is 34.9 Å². The molecule has 7 nitrogen and oxygen atoms in total. The minimum absolute atomic E-state index is 0.0229. The molecular formula is C33H22BrClN2O5. The summed E-state index contributed by atoms with van der Waals surface area (Å²) in [5.41, 5.74) is 4.80. The van der Waals surface area contributed by atoms with Gasteiger partial charge in [-0.2, -0.15) is 0 Å². The van der Waals surface area contributed by atoms with E-state index in [9.17, 15) is 19.2 Å². The van der Waals surface area contributed by atoms with E-state index in [1.807, 2.05) is 48.5 Å². The highest BCUT2D eigenvalue weighted by molar-refractivity contribution is 9.10. The fourth-order valence-corrected chi connectivity index (χ4v) is 7.46. The normalized spacial score (nSPS) is 21.4. The number of ether oxygens (including phenoxy) is 1. The van der Waals surface area contributed by atoms with E-state index in [1.54, 1.807) is 36.4 Å². The zero-order valence-corrected chi connectivity index (χ0v) is 24.3. The average Bonchev–Trinajstić information content (AvgIpc) is 3.27. The number of carbonyl (C=O) groups is 4. The number of rotatable bonds is 5. The van der Waals surface area contributed by atoms with Crippen LogP contribution in [0.5, 0.6) is 0 Å². The van der Waals surface area contributed by atoms with E-state index >= 15 is 0 Å². The molecular weight excluding hydrogens is 620 g/mol. The maximum absolute atomic E-state index is 14.1. The van der Waals surface area contributed by atoms with Gasteiger partial charge in [0.15, 0.2) is 6.61 Å². The Labute approximate surface area is 254 Å². The summed E-state index contributed by atoms with van der Waals surface area (Å²) in [6.07, 6.45) is 0. The van der Waals surface area contributed by atoms with Crippen molar-refractivity contribution < 1.29 is 23.9 Å². The smallest absolute Gasteiger partial charge is 0.340 e. The van der Waals surface area contributed by atoms with Crippen molar-refractivity contribution in [3.8, 4) is 0 Å². The van der Waals surface area contributed by atoms with Gasteiger partial charge in [0.25, 0.3) is 5.91 Å². The molecule has 8 rings (SSSR count). The number of benzene rings is 4. The predicted molar refractivity (Wildman–Crippen MR) is 161 cm³/mol. The summed E-state index contributed by atoms with van der Waals surface area (Å²) < 4.78 is 6.07. The van der Waals surface area contributed by atoms with Crippen molar-refractivity contribution in [3.05, 3.63) is 128 Å². The molecule has 1 N–H and O–H groups in total.